The predicted molar refractivity (Wildman–Crippen MR) is 71.3 cm³/mol. The molecule has 0 saturated heterocycles. The van der Waals surface area contributed by atoms with Crippen LogP contribution in [0.5, 0.6) is 0 Å². The SMILES string of the molecule is C=C(C)C(=O)CCP(=O)(O)O.C[N+](C)(C)CCO. The number of allylic oxidation sites excluding steroid dienone is 1. The van der Waals surface area contributed by atoms with Crippen molar-refractivity contribution in [3.8, 4) is 0 Å². The van der Waals surface area contributed by atoms with Gasteiger partial charge in [-0.15, -0.1) is 0 Å². The van der Waals surface area contributed by atoms with E-state index in [4.69, 9.17) is 14.9 Å². The Labute approximate surface area is 109 Å². The van der Waals surface area contributed by atoms with Crippen molar-refractivity contribution in [3.05, 3.63) is 12.2 Å². The van der Waals surface area contributed by atoms with Crippen molar-refractivity contribution >= 4 is 13.4 Å². The molecule has 6 nitrogen and oxygen atoms in total. The van der Waals surface area contributed by atoms with Crippen LogP contribution in [0.4, 0.5) is 0 Å². The first-order chi connectivity index (χ1) is 7.89. The third-order valence-corrected chi connectivity index (χ3v) is 2.68. The van der Waals surface area contributed by atoms with E-state index in [-0.39, 0.29) is 18.8 Å². The highest BCUT2D eigenvalue weighted by atomic mass is 31.2. The fourth-order valence-corrected chi connectivity index (χ4v) is 1.25. The number of ketones is 1. The third kappa shape index (κ3) is 17.9. The molecule has 0 aromatic carbocycles. The lowest BCUT2D eigenvalue weighted by Crippen LogP contribution is -2.36. The van der Waals surface area contributed by atoms with Crippen molar-refractivity contribution in [2.24, 2.45) is 0 Å². The number of likely N-dealkylation sites (N-methyl/N-ethyl adjacent to an activating group) is 1. The monoisotopic (exact) mass is 282 g/mol. The second kappa shape index (κ2) is 8.56. The Bertz CT molecular complexity index is 316. The second-order valence-electron chi connectivity index (χ2n) is 5.08. The molecule has 0 amide bonds. The Hall–Kier alpha value is -0.520. The zero-order valence-corrected chi connectivity index (χ0v) is 12.5. The number of hydrogen-bond acceptors (Lipinski definition) is 3. The molecule has 0 saturated carbocycles. The lowest BCUT2D eigenvalue weighted by atomic mass is 10.2. The van der Waals surface area contributed by atoms with Crippen LogP contribution in [0, 0.1) is 0 Å². The van der Waals surface area contributed by atoms with Gasteiger partial charge < -0.3 is 19.4 Å². The molecule has 0 aromatic heterocycles. The van der Waals surface area contributed by atoms with Gasteiger partial charge in [-0.1, -0.05) is 6.58 Å². The maximum absolute atomic E-state index is 10.7. The van der Waals surface area contributed by atoms with Crippen LogP contribution in [-0.4, -0.2) is 65.6 Å². The van der Waals surface area contributed by atoms with Gasteiger partial charge in [-0.25, -0.2) is 0 Å². The van der Waals surface area contributed by atoms with E-state index < -0.39 is 13.8 Å². The van der Waals surface area contributed by atoms with Crippen molar-refractivity contribution in [3.63, 3.8) is 0 Å². The van der Waals surface area contributed by atoms with Crippen LogP contribution in [-0.2, 0) is 9.36 Å². The van der Waals surface area contributed by atoms with Gasteiger partial charge in [0.25, 0.3) is 0 Å². The number of rotatable bonds is 6. The summed E-state index contributed by atoms with van der Waals surface area (Å²) in [5, 5.41) is 8.39. The molecule has 0 rings (SSSR count). The standard InChI is InChI=1S/C6H11O4P.C5H14NO/c1-5(2)6(7)3-4-11(8,9)10;1-6(2,3)4-5-7/h1,3-4H2,2H3,(H2,8,9,10);7H,4-5H2,1-3H3/q;+1. The molecule has 0 bridgehead atoms. The van der Waals surface area contributed by atoms with Gasteiger partial charge in [-0.3, -0.25) is 9.36 Å². The van der Waals surface area contributed by atoms with Gasteiger partial charge in [0, 0.05) is 6.42 Å². The van der Waals surface area contributed by atoms with Gasteiger partial charge in [0.1, 0.15) is 6.54 Å². The molecular formula is C11H25NO5P+. The lowest BCUT2D eigenvalue weighted by Gasteiger charge is -2.21. The summed E-state index contributed by atoms with van der Waals surface area (Å²) in [6, 6.07) is 0. The zero-order chi connectivity index (χ0) is 15.0. The number of carbonyl (C=O) groups is 1. The maximum Gasteiger partial charge on any atom is 0.326 e. The number of hydrogen-bond donors (Lipinski definition) is 3. The van der Waals surface area contributed by atoms with Crippen LogP contribution in [0.15, 0.2) is 12.2 Å². The fourth-order valence-electron chi connectivity index (χ4n) is 0.761. The second-order valence-corrected chi connectivity index (χ2v) is 6.86. The lowest BCUT2D eigenvalue weighted by molar-refractivity contribution is -0.870. The van der Waals surface area contributed by atoms with Crippen LogP contribution in [0.1, 0.15) is 13.3 Å². The predicted octanol–water partition coefficient (Wildman–Crippen LogP) is 0.384. The molecule has 0 radical (unpaired) electrons. The van der Waals surface area contributed by atoms with Gasteiger partial charge in [-0.2, -0.15) is 0 Å². The molecule has 0 unspecified atom stereocenters. The van der Waals surface area contributed by atoms with Gasteiger partial charge in [0.05, 0.1) is 33.9 Å². The Morgan fingerprint density at radius 1 is 1.28 bits per heavy atom. The van der Waals surface area contributed by atoms with E-state index in [0.29, 0.717) is 5.57 Å². The maximum atomic E-state index is 10.7. The quantitative estimate of drug-likeness (QED) is 0.372. The molecule has 0 aliphatic rings. The molecule has 0 fully saturated rings. The molecular weight excluding hydrogens is 257 g/mol. The highest BCUT2D eigenvalue weighted by Crippen LogP contribution is 2.35. The summed E-state index contributed by atoms with van der Waals surface area (Å²) in [5.41, 5.74) is 0.332. The molecule has 0 aliphatic heterocycles. The van der Waals surface area contributed by atoms with E-state index in [0.717, 1.165) is 11.0 Å². The Morgan fingerprint density at radius 2 is 1.72 bits per heavy atom. The van der Waals surface area contributed by atoms with Crippen LogP contribution in [0.3, 0.4) is 0 Å². The minimum Gasteiger partial charge on any atom is -0.391 e. The average Bonchev–Trinajstić information content (AvgIpc) is 2.11. The Kier molecular flexibility index (Phi) is 9.42. The van der Waals surface area contributed by atoms with E-state index in [2.05, 4.69) is 27.7 Å². The number of Topliss-reactive ketones (excluding diaryl/α,β-unsaturated/α-hetero) is 1. The minimum atomic E-state index is -4.02. The topological polar surface area (TPSA) is 94.8 Å². The molecule has 18 heavy (non-hydrogen) atoms. The summed E-state index contributed by atoms with van der Waals surface area (Å²) >= 11 is 0. The van der Waals surface area contributed by atoms with Crippen LogP contribution >= 0.6 is 7.60 Å². The summed E-state index contributed by atoms with van der Waals surface area (Å²) in [5.74, 6) is -0.298. The van der Waals surface area contributed by atoms with E-state index in [1.807, 2.05) is 0 Å². The molecule has 0 atom stereocenters. The molecule has 108 valence electrons. The van der Waals surface area contributed by atoms with Gasteiger partial charge >= 0.3 is 7.60 Å². The third-order valence-electron chi connectivity index (χ3n) is 1.88. The number of quaternary nitrogens is 1. The van der Waals surface area contributed by atoms with Gasteiger partial charge in [0.2, 0.25) is 0 Å². The van der Waals surface area contributed by atoms with Gasteiger partial charge in [0.15, 0.2) is 5.78 Å². The first kappa shape index (κ1) is 19.8. The average molecular weight is 282 g/mol. The molecule has 0 spiro atoms. The molecule has 7 heteroatoms. The van der Waals surface area contributed by atoms with E-state index in [9.17, 15) is 9.36 Å². The zero-order valence-electron chi connectivity index (χ0n) is 11.6. The minimum absolute atomic E-state index is 0.125. The Morgan fingerprint density at radius 3 is 1.89 bits per heavy atom. The normalized spacial score (nSPS) is 11.5. The van der Waals surface area contributed by atoms with Crippen molar-refractivity contribution in [1.82, 2.24) is 0 Å². The van der Waals surface area contributed by atoms with Crippen LogP contribution in [0.2, 0.25) is 0 Å². The molecule has 3 N–H and O–H groups in total. The van der Waals surface area contributed by atoms with Crippen LogP contribution < -0.4 is 0 Å². The highest BCUT2D eigenvalue weighted by Gasteiger charge is 2.15. The van der Waals surface area contributed by atoms with Crippen molar-refractivity contribution in [1.29, 1.82) is 0 Å². The molecule has 0 aromatic rings. The number of aliphatic hydroxyl groups is 1. The number of nitrogens with zero attached hydrogens (tertiary/aromatic N) is 1. The number of carbonyl (C=O) groups excluding carboxylic acids is 1. The summed E-state index contributed by atoms with van der Waals surface area (Å²) in [4.78, 5) is 27.5. The summed E-state index contributed by atoms with van der Waals surface area (Å²) in [6.45, 7) is 5.98. The smallest absolute Gasteiger partial charge is 0.326 e. The van der Waals surface area contributed by atoms with Crippen LogP contribution in [0.25, 0.3) is 0 Å². The first-order valence-electron chi connectivity index (χ1n) is 5.53. The van der Waals surface area contributed by atoms with E-state index in [1.165, 1.54) is 6.92 Å². The van der Waals surface area contributed by atoms with Crippen molar-refractivity contribution < 1.29 is 28.7 Å². The highest BCUT2D eigenvalue weighted by molar-refractivity contribution is 7.51. The largest absolute Gasteiger partial charge is 0.391 e. The van der Waals surface area contributed by atoms with Crippen molar-refractivity contribution in [2.45, 2.75) is 13.3 Å². The summed E-state index contributed by atoms with van der Waals surface area (Å²) < 4.78 is 11.1. The van der Waals surface area contributed by atoms with E-state index >= 15 is 0 Å². The Balaban J connectivity index is 0. The summed E-state index contributed by atoms with van der Waals surface area (Å²) in [6.07, 6.45) is -0.516. The molecule has 0 heterocycles. The fraction of sp³-hybridized carbons (Fsp3) is 0.727. The first-order valence-corrected chi connectivity index (χ1v) is 7.33. The molecule has 0 aliphatic carbocycles. The summed E-state index contributed by atoms with van der Waals surface area (Å²) in [7, 11) is 2.13. The van der Waals surface area contributed by atoms with E-state index in [1.54, 1.807) is 0 Å². The van der Waals surface area contributed by atoms with Gasteiger partial charge in [-0.05, 0) is 12.5 Å². The van der Waals surface area contributed by atoms with Crippen molar-refractivity contribution in [2.75, 3.05) is 40.5 Å². The number of aliphatic hydroxyl groups excluding tert-OH is 1.